The van der Waals surface area contributed by atoms with E-state index in [0.29, 0.717) is 0 Å². The van der Waals surface area contributed by atoms with Crippen molar-refractivity contribution in [2.75, 3.05) is 7.11 Å². The van der Waals surface area contributed by atoms with E-state index in [0.717, 1.165) is 4.57 Å². The number of methoxy groups -OCH3 is 1. The van der Waals surface area contributed by atoms with Gasteiger partial charge in [0, 0.05) is 0 Å². The number of ether oxygens (including phenoxy) is 1. The van der Waals surface area contributed by atoms with Crippen molar-refractivity contribution in [1.29, 1.82) is 0 Å². The molecule has 2 N–H and O–H groups in total. The summed E-state index contributed by atoms with van der Waals surface area (Å²) in [5.41, 5.74) is 0.327. The lowest BCUT2D eigenvalue weighted by Gasteiger charge is -2.03. The monoisotopic (exact) mass is 250 g/mol. The molecule has 1 aromatic heterocycles. The Balaban J connectivity index is 2.81. The molecule has 0 saturated carbocycles. The van der Waals surface area contributed by atoms with Gasteiger partial charge in [-0.25, -0.2) is 19.1 Å². The molecule has 18 heavy (non-hydrogen) atoms. The summed E-state index contributed by atoms with van der Waals surface area (Å²) in [6.45, 7) is 1.49. The molecule has 2 rings (SSSR count). The summed E-state index contributed by atoms with van der Waals surface area (Å²) in [6.07, 6.45) is -1.24. The zero-order valence-electron chi connectivity index (χ0n) is 9.67. The number of aromatic nitrogens is 2. The average molecular weight is 250 g/mol. The van der Waals surface area contributed by atoms with Crippen LogP contribution in [0.5, 0.6) is 5.75 Å². The molecule has 7 heteroatoms. The third-order valence-corrected chi connectivity index (χ3v) is 2.52. The van der Waals surface area contributed by atoms with Crippen LogP contribution in [0.1, 0.15) is 16.2 Å². The van der Waals surface area contributed by atoms with Crippen LogP contribution in [0.25, 0.3) is 11.0 Å². The maximum atomic E-state index is 11.4. The fourth-order valence-corrected chi connectivity index (χ4v) is 1.75. The standard InChI is InChI=1S/C11H10N2O5/c1-5-12-9-7(13(5)11(16)17)3-6(4-8(9)14)10(15)18-2/h3-4,14H,1-2H3,(H,16,17). The quantitative estimate of drug-likeness (QED) is 0.741. The van der Waals surface area contributed by atoms with Gasteiger partial charge in [-0.1, -0.05) is 0 Å². The lowest BCUT2D eigenvalue weighted by molar-refractivity contribution is 0.0600. The van der Waals surface area contributed by atoms with Crippen LogP contribution in [-0.4, -0.2) is 38.9 Å². The van der Waals surface area contributed by atoms with Crippen LogP contribution in [0.15, 0.2) is 12.1 Å². The Kier molecular flexibility index (Phi) is 2.66. The predicted octanol–water partition coefficient (Wildman–Crippen LogP) is 1.36. The second kappa shape index (κ2) is 4.02. The van der Waals surface area contributed by atoms with Crippen LogP contribution < -0.4 is 0 Å². The van der Waals surface area contributed by atoms with Gasteiger partial charge in [-0.3, -0.25) is 0 Å². The van der Waals surface area contributed by atoms with E-state index in [1.165, 1.54) is 26.2 Å². The van der Waals surface area contributed by atoms with Crippen molar-refractivity contribution in [3.63, 3.8) is 0 Å². The summed E-state index contributed by atoms with van der Waals surface area (Å²) >= 11 is 0. The maximum absolute atomic E-state index is 11.4. The number of benzene rings is 1. The van der Waals surface area contributed by atoms with Crippen LogP contribution >= 0.6 is 0 Å². The predicted molar refractivity (Wildman–Crippen MR) is 60.9 cm³/mol. The molecule has 1 aromatic carbocycles. The molecule has 2 aromatic rings. The molecule has 1 heterocycles. The fraction of sp³-hybridized carbons (Fsp3) is 0.182. The zero-order valence-corrected chi connectivity index (χ0v) is 9.67. The Morgan fingerprint density at radius 3 is 2.61 bits per heavy atom. The van der Waals surface area contributed by atoms with Crippen LogP contribution in [0.3, 0.4) is 0 Å². The molecule has 0 atom stereocenters. The van der Waals surface area contributed by atoms with E-state index in [1.54, 1.807) is 0 Å². The molecule has 0 aliphatic heterocycles. The Morgan fingerprint density at radius 2 is 2.06 bits per heavy atom. The number of aryl methyl sites for hydroxylation is 1. The first-order chi connectivity index (χ1) is 8.45. The van der Waals surface area contributed by atoms with Crippen LogP contribution in [0.2, 0.25) is 0 Å². The Hall–Kier alpha value is -2.57. The van der Waals surface area contributed by atoms with E-state index in [2.05, 4.69) is 9.72 Å². The molecule has 0 aliphatic rings. The second-order valence-corrected chi connectivity index (χ2v) is 3.63. The van der Waals surface area contributed by atoms with Crippen molar-refractivity contribution in [3.05, 3.63) is 23.5 Å². The van der Waals surface area contributed by atoms with E-state index >= 15 is 0 Å². The molecular formula is C11H10N2O5. The molecule has 7 nitrogen and oxygen atoms in total. The van der Waals surface area contributed by atoms with Crippen molar-refractivity contribution in [3.8, 4) is 5.75 Å². The number of hydrogen-bond acceptors (Lipinski definition) is 5. The summed E-state index contributed by atoms with van der Waals surface area (Å²) in [5.74, 6) is -0.728. The summed E-state index contributed by atoms with van der Waals surface area (Å²) < 4.78 is 5.41. The van der Waals surface area contributed by atoms with Gasteiger partial charge in [0.15, 0.2) is 0 Å². The smallest absolute Gasteiger partial charge is 0.417 e. The highest BCUT2D eigenvalue weighted by atomic mass is 16.5. The maximum Gasteiger partial charge on any atom is 0.417 e. The largest absolute Gasteiger partial charge is 0.506 e. The van der Waals surface area contributed by atoms with Crippen LogP contribution in [-0.2, 0) is 4.74 Å². The number of phenolic OH excluding ortho intramolecular Hbond substituents is 1. The Morgan fingerprint density at radius 1 is 1.39 bits per heavy atom. The Labute approximate surface area is 101 Å². The number of phenols is 1. The van der Waals surface area contributed by atoms with Gasteiger partial charge in [0.2, 0.25) is 0 Å². The minimum Gasteiger partial charge on any atom is -0.506 e. The number of hydrogen-bond donors (Lipinski definition) is 2. The summed E-state index contributed by atoms with van der Waals surface area (Å²) in [4.78, 5) is 26.4. The zero-order chi connectivity index (χ0) is 13.4. The first-order valence-electron chi connectivity index (χ1n) is 4.99. The first-order valence-corrected chi connectivity index (χ1v) is 4.99. The number of imidazole rings is 1. The molecular weight excluding hydrogens is 240 g/mol. The molecule has 94 valence electrons. The minimum absolute atomic E-state index is 0.0601. The van der Waals surface area contributed by atoms with Gasteiger partial charge in [-0.05, 0) is 19.1 Å². The summed E-state index contributed by atoms with van der Waals surface area (Å²) in [6, 6.07) is 2.50. The van der Waals surface area contributed by atoms with Crippen LogP contribution in [0, 0.1) is 6.92 Å². The van der Waals surface area contributed by atoms with Crippen molar-refractivity contribution in [1.82, 2.24) is 9.55 Å². The SMILES string of the molecule is COC(=O)c1cc(O)c2nc(C)n(C(=O)O)c2c1. The summed E-state index contributed by atoms with van der Waals surface area (Å²) in [7, 11) is 1.20. The number of carbonyl (C=O) groups excluding carboxylic acids is 1. The molecule has 0 spiro atoms. The lowest BCUT2D eigenvalue weighted by atomic mass is 10.2. The van der Waals surface area contributed by atoms with E-state index < -0.39 is 12.1 Å². The van der Waals surface area contributed by atoms with Gasteiger partial charge in [-0.2, -0.15) is 0 Å². The molecule has 0 unspecified atom stereocenters. The average Bonchev–Trinajstić information content (AvgIpc) is 2.64. The third kappa shape index (κ3) is 1.65. The number of esters is 1. The number of carbonyl (C=O) groups is 2. The third-order valence-electron chi connectivity index (χ3n) is 2.52. The first kappa shape index (κ1) is 11.9. The van der Waals surface area contributed by atoms with Crippen molar-refractivity contribution < 1.29 is 24.5 Å². The van der Waals surface area contributed by atoms with E-state index in [-0.39, 0.29) is 28.2 Å². The van der Waals surface area contributed by atoms with Gasteiger partial charge in [0.25, 0.3) is 0 Å². The second-order valence-electron chi connectivity index (χ2n) is 3.63. The molecule has 0 bridgehead atoms. The van der Waals surface area contributed by atoms with E-state index in [4.69, 9.17) is 5.11 Å². The lowest BCUT2D eigenvalue weighted by Crippen LogP contribution is -2.10. The number of rotatable bonds is 1. The van der Waals surface area contributed by atoms with Gasteiger partial charge in [-0.15, -0.1) is 0 Å². The molecule has 0 saturated heterocycles. The highest BCUT2D eigenvalue weighted by Gasteiger charge is 2.18. The van der Waals surface area contributed by atoms with Gasteiger partial charge < -0.3 is 14.9 Å². The number of nitrogens with zero attached hydrogens (tertiary/aromatic N) is 2. The normalized spacial score (nSPS) is 10.6. The van der Waals surface area contributed by atoms with Gasteiger partial charge >= 0.3 is 12.1 Å². The highest BCUT2D eigenvalue weighted by molar-refractivity contribution is 5.98. The topological polar surface area (TPSA) is 102 Å². The molecule has 0 aliphatic carbocycles. The minimum atomic E-state index is -1.24. The van der Waals surface area contributed by atoms with Crippen molar-refractivity contribution >= 4 is 23.1 Å². The van der Waals surface area contributed by atoms with E-state index in [9.17, 15) is 14.7 Å². The molecule has 0 fully saturated rings. The number of aromatic hydroxyl groups is 1. The van der Waals surface area contributed by atoms with Crippen molar-refractivity contribution in [2.45, 2.75) is 6.92 Å². The number of carboxylic acid groups (broad SMARTS) is 1. The summed E-state index contributed by atoms with van der Waals surface area (Å²) in [5, 5.41) is 18.8. The highest BCUT2D eigenvalue weighted by Crippen LogP contribution is 2.27. The fourth-order valence-electron chi connectivity index (χ4n) is 1.75. The molecule has 0 radical (unpaired) electrons. The van der Waals surface area contributed by atoms with Gasteiger partial charge in [0.1, 0.15) is 17.1 Å². The van der Waals surface area contributed by atoms with E-state index in [1.807, 2.05) is 0 Å². The molecule has 0 amide bonds. The Bertz CT molecular complexity index is 659. The number of fused-ring (bicyclic) bond motifs is 1. The van der Waals surface area contributed by atoms with Crippen LogP contribution in [0.4, 0.5) is 4.79 Å². The van der Waals surface area contributed by atoms with Crippen molar-refractivity contribution in [2.24, 2.45) is 0 Å². The van der Waals surface area contributed by atoms with Gasteiger partial charge in [0.05, 0.1) is 18.2 Å².